The first-order valence-electron chi connectivity index (χ1n) is 9.82. The highest BCUT2D eigenvalue weighted by molar-refractivity contribution is 5.79. The molecule has 0 saturated carbocycles. The molecule has 4 rings (SSSR count). The number of amides is 2. The second kappa shape index (κ2) is 8.33. The molecule has 1 aliphatic rings. The Labute approximate surface area is 164 Å². The fraction of sp³-hybridized carbons (Fsp3) is 0.364. The number of benzene rings is 1. The number of urea groups is 1. The molecule has 0 unspecified atom stereocenters. The molecule has 0 bridgehead atoms. The molecule has 2 aromatic heterocycles. The number of methoxy groups -OCH3 is 1. The van der Waals surface area contributed by atoms with Crippen molar-refractivity contribution in [3.8, 4) is 5.75 Å². The summed E-state index contributed by atoms with van der Waals surface area (Å²) in [7, 11) is 1.66. The van der Waals surface area contributed by atoms with Crippen LogP contribution in [0, 0.1) is 0 Å². The molecular formula is C22H26N4O2. The van der Waals surface area contributed by atoms with Crippen LogP contribution in [-0.4, -0.2) is 47.6 Å². The smallest absolute Gasteiger partial charge is 0.317 e. The number of aromatic nitrogens is 2. The average Bonchev–Trinajstić information content (AvgIpc) is 3.18. The Bertz CT molecular complexity index is 927. The van der Waals surface area contributed by atoms with E-state index < -0.39 is 0 Å². The highest BCUT2D eigenvalue weighted by Gasteiger charge is 2.25. The van der Waals surface area contributed by atoms with Crippen molar-refractivity contribution in [1.29, 1.82) is 0 Å². The SMILES string of the molecule is COc1ccc(CCNC(=O)N2CCC(c3c[nH]c4cccnc34)CC2)cc1. The number of aromatic amines is 1. The van der Waals surface area contributed by atoms with Gasteiger partial charge in [-0.2, -0.15) is 0 Å². The second-order valence-corrected chi connectivity index (χ2v) is 7.23. The molecule has 0 spiro atoms. The predicted molar refractivity (Wildman–Crippen MR) is 110 cm³/mol. The number of nitrogens with zero attached hydrogens (tertiary/aromatic N) is 2. The number of hydrogen-bond acceptors (Lipinski definition) is 3. The summed E-state index contributed by atoms with van der Waals surface area (Å²) in [6.07, 6.45) is 6.66. The Morgan fingerprint density at radius 2 is 2.04 bits per heavy atom. The van der Waals surface area contributed by atoms with Crippen molar-refractivity contribution in [2.45, 2.75) is 25.2 Å². The monoisotopic (exact) mass is 378 g/mol. The Hall–Kier alpha value is -3.02. The van der Waals surface area contributed by atoms with Crippen LogP contribution in [0.2, 0.25) is 0 Å². The highest BCUT2D eigenvalue weighted by Crippen LogP contribution is 2.32. The largest absolute Gasteiger partial charge is 0.497 e. The molecule has 1 saturated heterocycles. The normalized spacial score (nSPS) is 15.0. The highest BCUT2D eigenvalue weighted by atomic mass is 16.5. The number of pyridine rings is 1. The maximum atomic E-state index is 12.5. The van der Waals surface area contributed by atoms with E-state index in [2.05, 4.69) is 27.5 Å². The van der Waals surface area contributed by atoms with Gasteiger partial charge in [-0.25, -0.2) is 4.79 Å². The van der Waals surface area contributed by atoms with Gasteiger partial charge >= 0.3 is 6.03 Å². The molecule has 1 aliphatic heterocycles. The van der Waals surface area contributed by atoms with Crippen LogP contribution in [0.5, 0.6) is 5.75 Å². The van der Waals surface area contributed by atoms with Crippen molar-refractivity contribution < 1.29 is 9.53 Å². The van der Waals surface area contributed by atoms with E-state index in [9.17, 15) is 4.79 Å². The third-order valence-corrected chi connectivity index (χ3v) is 5.54. The fourth-order valence-electron chi connectivity index (χ4n) is 3.90. The Balaban J connectivity index is 1.25. The molecule has 2 N–H and O–H groups in total. The van der Waals surface area contributed by atoms with Crippen LogP contribution >= 0.6 is 0 Å². The van der Waals surface area contributed by atoms with Crippen LogP contribution in [0.15, 0.2) is 48.8 Å². The molecule has 146 valence electrons. The summed E-state index contributed by atoms with van der Waals surface area (Å²) in [6, 6.07) is 12.0. The molecule has 28 heavy (non-hydrogen) atoms. The van der Waals surface area contributed by atoms with Gasteiger partial charge in [0.25, 0.3) is 0 Å². The van der Waals surface area contributed by atoms with Gasteiger partial charge in [-0.15, -0.1) is 0 Å². The predicted octanol–water partition coefficient (Wildman–Crippen LogP) is 3.70. The van der Waals surface area contributed by atoms with Gasteiger partial charge in [0.2, 0.25) is 0 Å². The zero-order valence-electron chi connectivity index (χ0n) is 16.1. The van der Waals surface area contributed by atoms with Crippen molar-refractivity contribution >= 4 is 17.1 Å². The van der Waals surface area contributed by atoms with Crippen LogP contribution < -0.4 is 10.1 Å². The summed E-state index contributed by atoms with van der Waals surface area (Å²) in [6.45, 7) is 2.19. The van der Waals surface area contributed by atoms with E-state index in [0.717, 1.165) is 49.1 Å². The number of piperidine rings is 1. The third kappa shape index (κ3) is 3.96. The van der Waals surface area contributed by atoms with Crippen molar-refractivity contribution in [2.75, 3.05) is 26.7 Å². The first kappa shape index (κ1) is 18.3. The summed E-state index contributed by atoms with van der Waals surface area (Å²) in [5.41, 5.74) is 4.60. The van der Waals surface area contributed by atoms with E-state index in [-0.39, 0.29) is 6.03 Å². The first-order chi connectivity index (χ1) is 13.7. The maximum absolute atomic E-state index is 12.5. The van der Waals surface area contributed by atoms with Crippen molar-refractivity contribution in [3.63, 3.8) is 0 Å². The maximum Gasteiger partial charge on any atom is 0.317 e. The lowest BCUT2D eigenvalue weighted by Gasteiger charge is -2.31. The van der Waals surface area contributed by atoms with Gasteiger partial charge < -0.3 is 19.9 Å². The van der Waals surface area contributed by atoms with E-state index >= 15 is 0 Å². The molecule has 1 aromatic carbocycles. The minimum Gasteiger partial charge on any atom is -0.497 e. The molecule has 0 atom stereocenters. The molecule has 6 heteroatoms. The minimum absolute atomic E-state index is 0.0315. The fourth-order valence-corrected chi connectivity index (χ4v) is 3.90. The van der Waals surface area contributed by atoms with Crippen LogP contribution in [0.3, 0.4) is 0 Å². The molecule has 2 amide bonds. The summed E-state index contributed by atoms with van der Waals surface area (Å²) < 4.78 is 5.17. The van der Waals surface area contributed by atoms with E-state index in [1.54, 1.807) is 7.11 Å². The minimum atomic E-state index is 0.0315. The van der Waals surface area contributed by atoms with Gasteiger partial charge in [0.15, 0.2) is 0 Å². The Morgan fingerprint density at radius 1 is 1.25 bits per heavy atom. The third-order valence-electron chi connectivity index (χ3n) is 5.54. The number of fused-ring (bicyclic) bond motifs is 1. The van der Waals surface area contributed by atoms with E-state index in [1.165, 1.54) is 11.1 Å². The molecular weight excluding hydrogens is 352 g/mol. The summed E-state index contributed by atoms with van der Waals surface area (Å²) in [5.74, 6) is 1.30. The Morgan fingerprint density at radius 3 is 2.79 bits per heavy atom. The van der Waals surface area contributed by atoms with Gasteiger partial charge in [-0.1, -0.05) is 12.1 Å². The number of rotatable bonds is 5. The summed E-state index contributed by atoms with van der Waals surface area (Å²) in [5, 5.41) is 3.05. The lowest BCUT2D eigenvalue weighted by molar-refractivity contribution is 0.181. The van der Waals surface area contributed by atoms with Gasteiger partial charge in [-0.05, 0) is 60.6 Å². The lowest BCUT2D eigenvalue weighted by atomic mass is 9.90. The van der Waals surface area contributed by atoms with Gasteiger partial charge in [0.05, 0.1) is 18.1 Å². The van der Waals surface area contributed by atoms with Gasteiger partial charge in [0, 0.05) is 32.0 Å². The molecule has 1 fully saturated rings. The lowest BCUT2D eigenvalue weighted by Crippen LogP contribution is -2.44. The average molecular weight is 378 g/mol. The quantitative estimate of drug-likeness (QED) is 0.711. The number of likely N-dealkylation sites (tertiary alicyclic amines) is 1. The van der Waals surface area contributed by atoms with Crippen molar-refractivity contribution in [2.24, 2.45) is 0 Å². The van der Waals surface area contributed by atoms with Crippen LogP contribution in [0.25, 0.3) is 11.0 Å². The van der Waals surface area contributed by atoms with Crippen molar-refractivity contribution in [3.05, 3.63) is 59.9 Å². The number of H-pyrrole nitrogens is 1. The number of carbonyl (C=O) groups is 1. The van der Waals surface area contributed by atoms with E-state index in [4.69, 9.17) is 4.74 Å². The first-order valence-corrected chi connectivity index (χ1v) is 9.82. The van der Waals surface area contributed by atoms with Crippen LogP contribution in [0.4, 0.5) is 4.79 Å². The molecule has 0 radical (unpaired) electrons. The van der Waals surface area contributed by atoms with Gasteiger partial charge in [0.1, 0.15) is 5.75 Å². The number of carbonyl (C=O) groups excluding carboxylic acids is 1. The zero-order chi connectivity index (χ0) is 19.3. The van der Waals surface area contributed by atoms with Crippen LogP contribution in [0.1, 0.15) is 29.9 Å². The Kier molecular flexibility index (Phi) is 5.46. The topological polar surface area (TPSA) is 70.2 Å². The number of nitrogens with one attached hydrogen (secondary N) is 2. The summed E-state index contributed by atoms with van der Waals surface area (Å²) >= 11 is 0. The molecule has 0 aliphatic carbocycles. The zero-order valence-corrected chi connectivity index (χ0v) is 16.1. The van der Waals surface area contributed by atoms with E-state index in [0.29, 0.717) is 12.5 Å². The van der Waals surface area contributed by atoms with Crippen molar-refractivity contribution in [1.82, 2.24) is 20.2 Å². The number of ether oxygens (including phenoxy) is 1. The van der Waals surface area contributed by atoms with Crippen LogP contribution in [-0.2, 0) is 6.42 Å². The van der Waals surface area contributed by atoms with Gasteiger partial charge in [-0.3, -0.25) is 4.98 Å². The summed E-state index contributed by atoms with van der Waals surface area (Å²) in [4.78, 5) is 22.2. The second-order valence-electron chi connectivity index (χ2n) is 7.23. The standard InChI is InChI=1S/C22H26N4O2/c1-28-18-6-4-16(5-7-18)8-12-24-22(27)26-13-9-17(10-14-26)19-15-25-20-3-2-11-23-21(19)20/h2-7,11,15,17,25H,8-10,12-14H2,1H3,(H,24,27). The molecule has 6 nitrogen and oxygen atoms in total. The molecule has 3 aromatic rings. The van der Waals surface area contributed by atoms with E-state index in [1.807, 2.05) is 41.4 Å². The molecule has 3 heterocycles. The number of hydrogen-bond donors (Lipinski definition) is 2.